The minimum absolute atomic E-state index is 0.00609. The van der Waals surface area contributed by atoms with Crippen LogP contribution >= 0.6 is 11.6 Å². The fraction of sp³-hybridized carbons (Fsp3) is 0.364. The van der Waals surface area contributed by atoms with Gasteiger partial charge in [-0.05, 0) is 50.1 Å². The second kappa shape index (κ2) is 9.11. The summed E-state index contributed by atoms with van der Waals surface area (Å²) in [6, 6.07) is 12.9. The van der Waals surface area contributed by atoms with Crippen LogP contribution in [0.5, 0.6) is 5.75 Å². The van der Waals surface area contributed by atoms with Gasteiger partial charge >= 0.3 is 0 Å². The van der Waals surface area contributed by atoms with Crippen LogP contribution in [0.25, 0.3) is 0 Å². The number of carbonyl (C=O) groups is 2. The average Bonchev–Trinajstić information content (AvgIpc) is 2.93. The number of ether oxygens (including phenoxy) is 1. The van der Waals surface area contributed by atoms with E-state index in [4.69, 9.17) is 16.3 Å². The van der Waals surface area contributed by atoms with E-state index in [1.54, 1.807) is 34.1 Å². The number of halogens is 1. The van der Waals surface area contributed by atoms with Crippen molar-refractivity contribution < 1.29 is 14.3 Å². The first-order valence-corrected chi connectivity index (χ1v) is 9.84. The van der Waals surface area contributed by atoms with E-state index in [0.29, 0.717) is 36.8 Å². The Morgan fingerprint density at radius 3 is 2.50 bits per heavy atom. The topological polar surface area (TPSA) is 49.9 Å². The van der Waals surface area contributed by atoms with Gasteiger partial charge in [0.05, 0.1) is 0 Å². The number of nitrogens with zero attached hydrogens (tertiary/aromatic N) is 2. The second-order valence-electron chi connectivity index (χ2n) is 7.09. The van der Waals surface area contributed by atoms with Crippen LogP contribution < -0.4 is 4.74 Å². The zero-order valence-corrected chi connectivity index (χ0v) is 17.0. The normalized spacial score (nSPS) is 14.5. The fourth-order valence-electron chi connectivity index (χ4n) is 3.37. The van der Waals surface area contributed by atoms with Crippen LogP contribution in [0, 0.1) is 13.8 Å². The van der Waals surface area contributed by atoms with Crippen LogP contribution in [-0.2, 0) is 4.79 Å². The second-order valence-corrected chi connectivity index (χ2v) is 7.53. The molecule has 0 bridgehead atoms. The monoisotopic (exact) mass is 400 g/mol. The SMILES string of the molecule is Cc1ccc(OCC(=O)N2CCCN(C(=O)c3cccc(Cl)c3)CC2)c(C)c1. The van der Waals surface area contributed by atoms with Gasteiger partial charge in [-0.25, -0.2) is 0 Å². The molecule has 6 heteroatoms. The van der Waals surface area contributed by atoms with Crippen molar-refractivity contribution in [3.8, 4) is 5.75 Å². The van der Waals surface area contributed by atoms with Gasteiger partial charge in [0, 0.05) is 36.8 Å². The molecule has 0 radical (unpaired) electrons. The highest BCUT2D eigenvalue weighted by molar-refractivity contribution is 6.30. The molecular formula is C22H25ClN2O3. The Morgan fingerprint density at radius 1 is 1.00 bits per heavy atom. The van der Waals surface area contributed by atoms with Crippen molar-refractivity contribution in [2.45, 2.75) is 20.3 Å². The third-order valence-corrected chi connectivity index (χ3v) is 5.12. The molecule has 0 saturated carbocycles. The van der Waals surface area contributed by atoms with E-state index < -0.39 is 0 Å². The predicted octanol–water partition coefficient (Wildman–Crippen LogP) is 3.71. The number of aryl methyl sites for hydroxylation is 2. The fourth-order valence-corrected chi connectivity index (χ4v) is 3.56. The minimum atomic E-state index is -0.0583. The molecule has 2 aromatic rings. The summed E-state index contributed by atoms with van der Waals surface area (Å²) < 4.78 is 5.72. The number of carbonyl (C=O) groups excluding carboxylic acids is 2. The standard InChI is InChI=1S/C22H25ClN2O3/c1-16-7-8-20(17(2)13-16)28-15-21(26)24-9-4-10-25(12-11-24)22(27)18-5-3-6-19(23)14-18/h3,5-8,13-14H,4,9-12,15H2,1-2H3. The minimum Gasteiger partial charge on any atom is -0.484 e. The maximum absolute atomic E-state index is 12.7. The molecule has 0 aromatic heterocycles. The van der Waals surface area contributed by atoms with Crippen LogP contribution in [0.1, 0.15) is 27.9 Å². The van der Waals surface area contributed by atoms with Crippen molar-refractivity contribution in [2.75, 3.05) is 32.8 Å². The van der Waals surface area contributed by atoms with Crippen molar-refractivity contribution in [2.24, 2.45) is 0 Å². The van der Waals surface area contributed by atoms with Crippen molar-refractivity contribution >= 4 is 23.4 Å². The first-order chi connectivity index (χ1) is 13.4. The van der Waals surface area contributed by atoms with Crippen molar-refractivity contribution in [3.05, 3.63) is 64.2 Å². The van der Waals surface area contributed by atoms with Crippen LogP contribution in [0.2, 0.25) is 5.02 Å². The number of hydrogen-bond donors (Lipinski definition) is 0. The van der Waals surface area contributed by atoms with Crippen LogP contribution in [0.15, 0.2) is 42.5 Å². The lowest BCUT2D eigenvalue weighted by atomic mass is 10.1. The first kappa shape index (κ1) is 20.2. The lowest BCUT2D eigenvalue weighted by Crippen LogP contribution is -2.39. The van der Waals surface area contributed by atoms with Gasteiger partial charge in [0.25, 0.3) is 11.8 Å². The molecule has 0 spiro atoms. The van der Waals surface area contributed by atoms with Gasteiger partial charge in [0.15, 0.2) is 6.61 Å². The molecule has 0 aliphatic carbocycles. The zero-order chi connectivity index (χ0) is 20.1. The summed E-state index contributed by atoms with van der Waals surface area (Å²) in [6.07, 6.45) is 0.738. The molecule has 5 nitrogen and oxygen atoms in total. The molecule has 0 N–H and O–H groups in total. The Balaban J connectivity index is 1.55. The molecule has 1 saturated heterocycles. The van der Waals surface area contributed by atoms with E-state index in [2.05, 4.69) is 0 Å². The summed E-state index contributed by atoms with van der Waals surface area (Å²) in [5.41, 5.74) is 2.75. The molecule has 2 aromatic carbocycles. The Hall–Kier alpha value is -2.53. The third kappa shape index (κ3) is 5.04. The first-order valence-electron chi connectivity index (χ1n) is 9.47. The lowest BCUT2D eigenvalue weighted by Gasteiger charge is -2.22. The highest BCUT2D eigenvalue weighted by atomic mass is 35.5. The van der Waals surface area contributed by atoms with Gasteiger partial charge in [-0.15, -0.1) is 0 Å². The number of benzene rings is 2. The Kier molecular flexibility index (Phi) is 6.57. The van der Waals surface area contributed by atoms with E-state index in [9.17, 15) is 9.59 Å². The van der Waals surface area contributed by atoms with Gasteiger partial charge in [0.1, 0.15) is 5.75 Å². The smallest absolute Gasteiger partial charge is 0.260 e. The Bertz CT molecular complexity index is 869. The van der Waals surface area contributed by atoms with Gasteiger partial charge < -0.3 is 14.5 Å². The summed E-state index contributed by atoms with van der Waals surface area (Å²) in [4.78, 5) is 28.8. The van der Waals surface area contributed by atoms with E-state index in [0.717, 1.165) is 23.3 Å². The Morgan fingerprint density at radius 2 is 1.75 bits per heavy atom. The molecule has 1 aliphatic heterocycles. The van der Waals surface area contributed by atoms with E-state index >= 15 is 0 Å². The number of rotatable bonds is 4. The summed E-state index contributed by atoms with van der Waals surface area (Å²) in [6.45, 7) is 6.24. The maximum atomic E-state index is 12.7. The van der Waals surface area contributed by atoms with Crippen LogP contribution in [0.4, 0.5) is 0 Å². The highest BCUT2D eigenvalue weighted by Gasteiger charge is 2.23. The predicted molar refractivity (Wildman–Crippen MR) is 110 cm³/mol. The molecule has 0 unspecified atom stereocenters. The summed E-state index contributed by atoms with van der Waals surface area (Å²) >= 11 is 5.99. The number of hydrogen-bond acceptors (Lipinski definition) is 3. The largest absolute Gasteiger partial charge is 0.484 e. The van der Waals surface area contributed by atoms with E-state index in [-0.39, 0.29) is 18.4 Å². The highest BCUT2D eigenvalue weighted by Crippen LogP contribution is 2.19. The molecule has 1 aliphatic rings. The molecule has 148 valence electrons. The summed E-state index contributed by atoms with van der Waals surface area (Å²) in [5.74, 6) is 0.617. The molecule has 1 fully saturated rings. The van der Waals surface area contributed by atoms with Crippen molar-refractivity contribution in [3.63, 3.8) is 0 Å². The number of amides is 2. The summed E-state index contributed by atoms with van der Waals surface area (Å²) in [5, 5.41) is 0.543. The quantitative estimate of drug-likeness (QED) is 0.786. The molecule has 0 atom stereocenters. The van der Waals surface area contributed by atoms with Gasteiger partial charge in [-0.1, -0.05) is 35.4 Å². The molecule has 28 heavy (non-hydrogen) atoms. The van der Waals surface area contributed by atoms with Crippen molar-refractivity contribution in [1.29, 1.82) is 0 Å². The average molecular weight is 401 g/mol. The Labute approximate surface area is 170 Å². The van der Waals surface area contributed by atoms with Crippen molar-refractivity contribution in [1.82, 2.24) is 9.80 Å². The summed E-state index contributed by atoms with van der Waals surface area (Å²) in [7, 11) is 0. The van der Waals surface area contributed by atoms with Gasteiger partial charge in [-0.3, -0.25) is 9.59 Å². The van der Waals surface area contributed by atoms with Gasteiger partial charge in [0.2, 0.25) is 0 Å². The molecular weight excluding hydrogens is 376 g/mol. The molecule has 1 heterocycles. The van der Waals surface area contributed by atoms with Crippen LogP contribution in [-0.4, -0.2) is 54.4 Å². The zero-order valence-electron chi connectivity index (χ0n) is 16.3. The van der Waals surface area contributed by atoms with Gasteiger partial charge in [-0.2, -0.15) is 0 Å². The maximum Gasteiger partial charge on any atom is 0.260 e. The molecule has 2 amide bonds. The lowest BCUT2D eigenvalue weighted by molar-refractivity contribution is -0.133. The van der Waals surface area contributed by atoms with E-state index in [1.165, 1.54) is 0 Å². The van der Waals surface area contributed by atoms with Crippen LogP contribution in [0.3, 0.4) is 0 Å². The molecule has 3 rings (SSSR count). The third-order valence-electron chi connectivity index (χ3n) is 4.89. The van der Waals surface area contributed by atoms with E-state index in [1.807, 2.05) is 32.0 Å².